The smallest absolute Gasteiger partial charge is 0.219 e. The first-order valence-electron chi connectivity index (χ1n) is 2.27. The summed E-state index contributed by atoms with van der Waals surface area (Å²) in [6.07, 6.45) is -8.62. The van der Waals surface area contributed by atoms with Gasteiger partial charge in [0.2, 0.25) is 6.30 Å². The van der Waals surface area contributed by atoms with Crippen molar-refractivity contribution in [1.29, 1.82) is 0 Å². The quantitative estimate of drug-likeness (QED) is 0.272. The SMILES string of the molecule is C=C(C(F)N(F)F)C(F)(F)F. The summed E-state index contributed by atoms with van der Waals surface area (Å²) >= 11 is 0. The molecule has 1 atom stereocenters. The zero-order valence-electron chi connectivity index (χ0n) is 5.00. The largest absolute Gasteiger partial charge is 0.416 e. The highest BCUT2D eigenvalue weighted by Gasteiger charge is 2.40. The number of rotatable bonds is 2. The number of hydrogen-bond donors (Lipinski definition) is 0. The van der Waals surface area contributed by atoms with Gasteiger partial charge in [0.25, 0.3) is 0 Å². The molecule has 0 N–H and O–H groups in total. The lowest BCUT2D eigenvalue weighted by atomic mass is 10.3. The second-order valence-electron chi connectivity index (χ2n) is 1.62. The number of alkyl halides is 4. The van der Waals surface area contributed by atoms with E-state index in [0.717, 1.165) is 0 Å². The van der Waals surface area contributed by atoms with E-state index >= 15 is 0 Å². The van der Waals surface area contributed by atoms with Crippen LogP contribution in [0, 0.1) is 0 Å². The second kappa shape index (κ2) is 3.12. The third-order valence-electron chi connectivity index (χ3n) is 0.823. The molecule has 0 radical (unpaired) electrons. The minimum Gasteiger partial charge on any atom is -0.219 e. The molecule has 0 rings (SSSR count). The predicted molar refractivity (Wildman–Crippen MR) is 24.1 cm³/mol. The van der Waals surface area contributed by atoms with Gasteiger partial charge in [-0.3, -0.25) is 0 Å². The van der Waals surface area contributed by atoms with Gasteiger partial charge >= 0.3 is 6.18 Å². The molecule has 0 bridgehead atoms. The van der Waals surface area contributed by atoms with Crippen molar-refractivity contribution in [1.82, 2.24) is 5.34 Å². The summed E-state index contributed by atoms with van der Waals surface area (Å²) in [7, 11) is 0. The van der Waals surface area contributed by atoms with E-state index in [1.165, 1.54) is 0 Å². The second-order valence-corrected chi connectivity index (χ2v) is 1.62. The minimum absolute atomic E-state index is 2.12. The van der Waals surface area contributed by atoms with E-state index in [0.29, 0.717) is 0 Å². The molecule has 0 saturated carbocycles. The van der Waals surface area contributed by atoms with Crippen LogP contribution in [0.4, 0.5) is 26.5 Å². The first-order valence-corrected chi connectivity index (χ1v) is 2.27. The fraction of sp³-hybridized carbons (Fsp3) is 0.500. The number of hydrogen-bond acceptors (Lipinski definition) is 1. The van der Waals surface area contributed by atoms with Crippen molar-refractivity contribution in [3.63, 3.8) is 0 Å². The summed E-state index contributed by atoms with van der Waals surface area (Å²) in [6, 6.07) is 0. The maximum atomic E-state index is 11.8. The lowest BCUT2D eigenvalue weighted by Gasteiger charge is -2.13. The molecule has 0 aromatic heterocycles. The molecule has 1 nitrogen and oxygen atoms in total. The standard InChI is InChI=1S/C4H3F6N/c1-2(4(6,7)8)3(5)11(9)10/h3H,1H2. The van der Waals surface area contributed by atoms with Crippen LogP contribution in [0.15, 0.2) is 12.2 Å². The topological polar surface area (TPSA) is 3.24 Å². The van der Waals surface area contributed by atoms with E-state index < -0.39 is 23.4 Å². The molecule has 7 heteroatoms. The number of halogens is 6. The van der Waals surface area contributed by atoms with Crippen molar-refractivity contribution in [3.05, 3.63) is 12.2 Å². The fourth-order valence-corrected chi connectivity index (χ4v) is 0.253. The Labute approximate surface area is 57.8 Å². The monoisotopic (exact) mass is 179 g/mol. The van der Waals surface area contributed by atoms with Gasteiger partial charge in [-0.25, -0.2) is 4.39 Å². The molecule has 11 heavy (non-hydrogen) atoms. The Morgan fingerprint density at radius 2 is 1.64 bits per heavy atom. The molecule has 0 saturated heterocycles. The molecule has 0 aliphatic carbocycles. The lowest BCUT2D eigenvalue weighted by molar-refractivity contribution is -0.227. The summed E-state index contributed by atoms with van der Waals surface area (Å²) in [6.45, 7) is 2.13. The van der Waals surface area contributed by atoms with Crippen LogP contribution in [0.5, 0.6) is 0 Å². The molecule has 0 spiro atoms. The summed E-state index contributed by atoms with van der Waals surface area (Å²) in [5.41, 5.74) is -2.12. The fourth-order valence-electron chi connectivity index (χ4n) is 0.253. The summed E-state index contributed by atoms with van der Waals surface area (Å²) < 4.78 is 68.1. The third kappa shape index (κ3) is 2.79. The van der Waals surface area contributed by atoms with Crippen LogP contribution < -0.4 is 0 Å². The van der Waals surface area contributed by atoms with Gasteiger partial charge in [0.05, 0.1) is 10.9 Å². The highest BCUT2D eigenvalue weighted by atomic mass is 19.4. The van der Waals surface area contributed by atoms with Crippen molar-refractivity contribution in [3.8, 4) is 0 Å². The van der Waals surface area contributed by atoms with Crippen LogP contribution in [0.1, 0.15) is 0 Å². The van der Waals surface area contributed by atoms with Gasteiger partial charge in [-0.1, -0.05) is 15.5 Å². The average molecular weight is 179 g/mol. The maximum Gasteiger partial charge on any atom is 0.416 e. The Kier molecular flexibility index (Phi) is 2.92. The van der Waals surface area contributed by atoms with Crippen LogP contribution in [0.2, 0.25) is 0 Å². The van der Waals surface area contributed by atoms with Crippen molar-refractivity contribution in [2.24, 2.45) is 0 Å². The zero-order valence-corrected chi connectivity index (χ0v) is 5.00. The Hall–Kier alpha value is -0.720. The molecule has 0 heterocycles. The highest BCUT2D eigenvalue weighted by molar-refractivity contribution is 5.06. The molecule has 0 aliphatic rings. The Morgan fingerprint density at radius 1 is 1.27 bits per heavy atom. The van der Waals surface area contributed by atoms with E-state index in [2.05, 4.69) is 6.58 Å². The van der Waals surface area contributed by atoms with Gasteiger partial charge in [0.15, 0.2) is 0 Å². The molecule has 66 valence electrons. The van der Waals surface area contributed by atoms with E-state index in [-0.39, 0.29) is 0 Å². The van der Waals surface area contributed by atoms with Crippen LogP contribution in [-0.4, -0.2) is 17.8 Å². The zero-order chi connectivity index (χ0) is 9.23. The Bertz CT molecular complexity index is 149. The van der Waals surface area contributed by atoms with Crippen molar-refractivity contribution < 1.29 is 26.5 Å². The van der Waals surface area contributed by atoms with E-state index in [9.17, 15) is 26.5 Å². The minimum atomic E-state index is -5.13. The number of nitrogens with zero attached hydrogens (tertiary/aromatic N) is 1. The van der Waals surface area contributed by atoms with Gasteiger partial charge < -0.3 is 0 Å². The van der Waals surface area contributed by atoms with Crippen molar-refractivity contribution in [2.45, 2.75) is 12.5 Å². The van der Waals surface area contributed by atoms with Crippen LogP contribution in [0.3, 0.4) is 0 Å². The third-order valence-corrected chi connectivity index (χ3v) is 0.823. The Morgan fingerprint density at radius 3 is 1.73 bits per heavy atom. The molecule has 0 aromatic carbocycles. The lowest BCUT2D eigenvalue weighted by Crippen LogP contribution is -2.27. The van der Waals surface area contributed by atoms with Gasteiger partial charge in [-0.15, -0.1) is 0 Å². The molecular formula is C4H3F6N. The van der Waals surface area contributed by atoms with E-state index in [4.69, 9.17) is 0 Å². The molecule has 0 fully saturated rings. The summed E-state index contributed by atoms with van der Waals surface area (Å²) in [5.74, 6) is 0. The Balaban J connectivity index is 4.26. The first-order chi connectivity index (χ1) is 4.76. The summed E-state index contributed by atoms with van der Waals surface area (Å²) in [5, 5.41) is -2.20. The van der Waals surface area contributed by atoms with Crippen molar-refractivity contribution >= 4 is 0 Å². The molecule has 0 amide bonds. The molecule has 1 unspecified atom stereocenters. The molecule has 0 aromatic rings. The van der Waals surface area contributed by atoms with Crippen LogP contribution >= 0.6 is 0 Å². The molecule has 0 aliphatic heterocycles. The van der Waals surface area contributed by atoms with Gasteiger partial charge in [0.1, 0.15) is 0 Å². The maximum absolute atomic E-state index is 11.8. The van der Waals surface area contributed by atoms with Gasteiger partial charge in [0, 0.05) is 0 Å². The summed E-state index contributed by atoms with van der Waals surface area (Å²) in [4.78, 5) is 0. The highest BCUT2D eigenvalue weighted by Crippen LogP contribution is 2.29. The van der Waals surface area contributed by atoms with E-state index in [1.807, 2.05) is 0 Å². The van der Waals surface area contributed by atoms with Crippen LogP contribution in [0.25, 0.3) is 0 Å². The van der Waals surface area contributed by atoms with E-state index in [1.54, 1.807) is 0 Å². The van der Waals surface area contributed by atoms with Gasteiger partial charge in [-0.05, 0) is 0 Å². The van der Waals surface area contributed by atoms with Crippen molar-refractivity contribution in [2.75, 3.05) is 0 Å². The molecular weight excluding hydrogens is 176 g/mol. The normalized spacial score (nSPS) is 15.2. The first kappa shape index (κ1) is 10.3. The van der Waals surface area contributed by atoms with Crippen LogP contribution in [-0.2, 0) is 0 Å². The predicted octanol–water partition coefficient (Wildman–Crippen LogP) is 2.47. The van der Waals surface area contributed by atoms with Gasteiger partial charge in [-0.2, -0.15) is 13.2 Å². The average Bonchev–Trinajstić information content (AvgIpc) is 1.82.